The Morgan fingerprint density at radius 1 is 1.47 bits per heavy atom. The lowest BCUT2D eigenvalue weighted by Gasteiger charge is -2.23. The van der Waals surface area contributed by atoms with Gasteiger partial charge in [-0.1, -0.05) is 6.07 Å². The van der Waals surface area contributed by atoms with E-state index < -0.39 is 12.0 Å². The quantitative estimate of drug-likeness (QED) is 0.772. The molecule has 0 bridgehead atoms. The van der Waals surface area contributed by atoms with Crippen molar-refractivity contribution in [1.82, 2.24) is 5.32 Å². The fourth-order valence-electron chi connectivity index (χ4n) is 1.77. The van der Waals surface area contributed by atoms with E-state index in [1.807, 2.05) is 0 Å². The molecular weight excluding hydrogens is 316 g/mol. The monoisotopic (exact) mass is 328 g/mol. The second-order valence-corrected chi connectivity index (χ2v) is 4.89. The number of benzene rings is 1. The van der Waals surface area contributed by atoms with Gasteiger partial charge in [0.1, 0.15) is 6.04 Å². The lowest BCUT2D eigenvalue weighted by molar-refractivity contribution is -0.120. The first-order valence-corrected chi connectivity index (χ1v) is 6.52. The van der Waals surface area contributed by atoms with Crippen LogP contribution in [0.2, 0.25) is 0 Å². The molecule has 1 aromatic carbocycles. The lowest BCUT2D eigenvalue weighted by atomic mass is 10.1. The minimum atomic E-state index is -1.09. The normalized spacial score (nSPS) is 18.9. The van der Waals surface area contributed by atoms with E-state index >= 15 is 0 Å². The summed E-state index contributed by atoms with van der Waals surface area (Å²) in [6.07, 6.45) is 0. The number of nitrogens with one attached hydrogen (secondary N) is 2. The number of ether oxygens (including phenoxy) is 1. The second-order valence-electron chi connectivity index (χ2n) is 4.04. The molecule has 2 rings (SSSR count). The zero-order valence-corrected chi connectivity index (χ0v) is 11.6. The van der Waals surface area contributed by atoms with Crippen LogP contribution >= 0.6 is 15.9 Å². The maximum Gasteiger partial charge on any atom is 0.337 e. The minimum absolute atomic E-state index is 0.0412. The average molecular weight is 329 g/mol. The summed E-state index contributed by atoms with van der Waals surface area (Å²) in [6, 6.07) is 4.24. The van der Waals surface area contributed by atoms with E-state index in [1.54, 1.807) is 12.1 Å². The standard InChI is InChI=1S/C12H13BrN2O4/c13-8-3-1-2-7(12(17)18)10(8)15-11(16)9-6-19-5-4-14-9/h1-3,9,14H,4-6H2,(H,15,16)(H,17,18). The van der Waals surface area contributed by atoms with Crippen molar-refractivity contribution in [3.63, 3.8) is 0 Å². The number of carboxylic acid groups (broad SMARTS) is 1. The highest BCUT2D eigenvalue weighted by Gasteiger charge is 2.23. The molecule has 1 atom stereocenters. The van der Waals surface area contributed by atoms with Crippen molar-refractivity contribution in [2.24, 2.45) is 0 Å². The van der Waals surface area contributed by atoms with Crippen molar-refractivity contribution < 1.29 is 19.4 Å². The molecule has 6 nitrogen and oxygen atoms in total. The Labute approximate surface area is 118 Å². The van der Waals surface area contributed by atoms with Crippen molar-refractivity contribution in [3.8, 4) is 0 Å². The molecule has 0 spiro atoms. The Morgan fingerprint density at radius 2 is 2.26 bits per heavy atom. The molecule has 7 heteroatoms. The van der Waals surface area contributed by atoms with E-state index in [0.717, 1.165) is 0 Å². The Hall–Kier alpha value is -1.44. The number of aromatic carboxylic acids is 1. The fraction of sp³-hybridized carbons (Fsp3) is 0.333. The molecule has 0 saturated carbocycles. The van der Waals surface area contributed by atoms with Crippen LogP contribution in [0, 0.1) is 0 Å². The first-order valence-electron chi connectivity index (χ1n) is 5.73. The van der Waals surface area contributed by atoms with E-state index in [2.05, 4.69) is 26.6 Å². The molecule has 0 radical (unpaired) electrons. The molecule has 1 fully saturated rings. The summed E-state index contributed by atoms with van der Waals surface area (Å²) in [7, 11) is 0. The van der Waals surface area contributed by atoms with Gasteiger partial charge in [-0.25, -0.2) is 4.79 Å². The molecule has 1 amide bonds. The molecule has 19 heavy (non-hydrogen) atoms. The molecule has 102 valence electrons. The van der Waals surface area contributed by atoms with Gasteiger partial charge in [0.2, 0.25) is 5.91 Å². The third kappa shape index (κ3) is 3.31. The number of carboxylic acids is 1. The first-order chi connectivity index (χ1) is 9.09. The number of carbonyl (C=O) groups excluding carboxylic acids is 1. The number of anilines is 1. The average Bonchev–Trinajstić information content (AvgIpc) is 2.41. The minimum Gasteiger partial charge on any atom is -0.478 e. The fourth-order valence-corrected chi connectivity index (χ4v) is 2.24. The largest absolute Gasteiger partial charge is 0.478 e. The van der Waals surface area contributed by atoms with Gasteiger partial charge in [-0.3, -0.25) is 4.79 Å². The smallest absolute Gasteiger partial charge is 0.337 e. The Bertz CT molecular complexity index is 501. The lowest BCUT2D eigenvalue weighted by Crippen LogP contribution is -2.49. The van der Waals surface area contributed by atoms with Gasteiger partial charge < -0.3 is 20.5 Å². The number of hydrogen-bond acceptors (Lipinski definition) is 4. The van der Waals surface area contributed by atoms with Gasteiger partial charge >= 0.3 is 5.97 Å². The van der Waals surface area contributed by atoms with Crippen LogP contribution in [0.5, 0.6) is 0 Å². The van der Waals surface area contributed by atoms with Gasteiger partial charge in [0.05, 0.1) is 24.5 Å². The van der Waals surface area contributed by atoms with Gasteiger partial charge in [0.15, 0.2) is 0 Å². The number of amides is 1. The van der Waals surface area contributed by atoms with Crippen LogP contribution in [0.15, 0.2) is 22.7 Å². The number of halogens is 1. The van der Waals surface area contributed by atoms with Crippen molar-refractivity contribution in [1.29, 1.82) is 0 Å². The predicted octanol–water partition coefficient (Wildman–Crippen LogP) is 1.07. The van der Waals surface area contributed by atoms with Gasteiger partial charge in [-0.05, 0) is 28.1 Å². The van der Waals surface area contributed by atoms with E-state index in [9.17, 15) is 9.59 Å². The number of morpholine rings is 1. The van der Waals surface area contributed by atoms with Crippen LogP contribution in [-0.2, 0) is 9.53 Å². The van der Waals surface area contributed by atoms with Crippen molar-refractivity contribution in [2.45, 2.75) is 6.04 Å². The van der Waals surface area contributed by atoms with Crippen molar-refractivity contribution in [3.05, 3.63) is 28.2 Å². The molecule has 1 aliphatic heterocycles. The van der Waals surface area contributed by atoms with Crippen LogP contribution in [-0.4, -0.2) is 42.8 Å². The first kappa shape index (κ1) is 14.0. The molecular formula is C12H13BrN2O4. The molecule has 1 aliphatic rings. The zero-order chi connectivity index (χ0) is 13.8. The zero-order valence-electron chi connectivity index (χ0n) is 9.98. The highest BCUT2D eigenvalue weighted by atomic mass is 79.9. The number of rotatable bonds is 3. The number of carbonyl (C=O) groups is 2. The Balaban J connectivity index is 2.18. The van der Waals surface area contributed by atoms with Crippen molar-refractivity contribution in [2.75, 3.05) is 25.1 Å². The summed E-state index contributed by atoms with van der Waals surface area (Å²) in [4.78, 5) is 23.1. The highest BCUT2D eigenvalue weighted by molar-refractivity contribution is 9.10. The summed E-state index contributed by atoms with van der Waals surface area (Å²) in [5, 5.41) is 14.7. The van der Waals surface area contributed by atoms with Gasteiger partial charge in [-0.15, -0.1) is 0 Å². The van der Waals surface area contributed by atoms with Gasteiger partial charge in [0, 0.05) is 11.0 Å². The summed E-state index contributed by atoms with van der Waals surface area (Å²) in [5.41, 5.74) is 0.298. The third-order valence-electron chi connectivity index (χ3n) is 2.73. The summed E-state index contributed by atoms with van der Waals surface area (Å²) in [6.45, 7) is 1.44. The maximum absolute atomic E-state index is 12.0. The topological polar surface area (TPSA) is 87.7 Å². The summed E-state index contributed by atoms with van der Waals surface area (Å²) < 4.78 is 5.72. The van der Waals surface area contributed by atoms with Crippen LogP contribution in [0.4, 0.5) is 5.69 Å². The molecule has 1 saturated heterocycles. The number of para-hydroxylation sites is 1. The van der Waals surface area contributed by atoms with Crippen LogP contribution in [0.25, 0.3) is 0 Å². The Kier molecular flexibility index (Phi) is 4.52. The van der Waals surface area contributed by atoms with Crippen LogP contribution in [0.3, 0.4) is 0 Å². The Morgan fingerprint density at radius 3 is 2.89 bits per heavy atom. The van der Waals surface area contributed by atoms with E-state index in [-0.39, 0.29) is 23.8 Å². The summed E-state index contributed by atoms with van der Waals surface area (Å²) >= 11 is 3.24. The van der Waals surface area contributed by atoms with Crippen LogP contribution < -0.4 is 10.6 Å². The SMILES string of the molecule is O=C(O)c1cccc(Br)c1NC(=O)C1COCCN1. The molecule has 0 aromatic heterocycles. The molecule has 3 N–H and O–H groups in total. The number of hydrogen-bond donors (Lipinski definition) is 3. The molecule has 1 heterocycles. The van der Waals surface area contributed by atoms with E-state index in [1.165, 1.54) is 6.07 Å². The van der Waals surface area contributed by atoms with Gasteiger partial charge in [-0.2, -0.15) is 0 Å². The summed E-state index contributed by atoms with van der Waals surface area (Å²) in [5.74, 6) is -1.40. The third-order valence-corrected chi connectivity index (χ3v) is 3.39. The van der Waals surface area contributed by atoms with E-state index in [0.29, 0.717) is 17.6 Å². The van der Waals surface area contributed by atoms with E-state index in [4.69, 9.17) is 9.84 Å². The van der Waals surface area contributed by atoms with Crippen LogP contribution in [0.1, 0.15) is 10.4 Å². The van der Waals surface area contributed by atoms with Crippen molar-refractivity contribution >= 4 is 33.5 Å². The van der Waals surface area contributed by atoms with Gasteiger partial charge in [0.25, 0.3) is 0 Å². The molecule has 1 unspecified atom stereocenters. The highest BCUT2D eigenvalue weighted by Crippen LogP contribution is 2.26. The predicted molar refractivity (Wildman–Crippen MR) is 72.3 cm³/mol. The molecule has 1 aromatic rings. The second kappa shape index (κ2) is 6.14. The molecule has 0 aliphatic carbocycles. The maximum atomic E-state index is 12.0.